The van der Waals surface area contributed by atoms with Gasteiger partial charge in [0, 0.05) is 35.6 Å². The molecule has 0 spiro atoms. The maximum atomic E-state index is 6.15. The van der Waals surface area contributed by atoms with Gasteiger partial charge in [-0.25, -0.2) is 4.99 Å². The number of rotatable bonds is 5. The van der Waals surface area contributed by atoms with Gasteiger partial charge in [-0.05, 0) is 43.3 Å². The summed E-state index contributed by atoms with van der Waals surface area (Å²) >= 11 is 1.63. The van der Waals surface area contributed by atoms with Crippen LogP contribution in [0.5, 0.6) is 0 Å². The molecule has 5 rings (SSSR count). The van der Waals surface area contributed by atoms with Crippen molar-refractivity contribution in [3.05, 3.63) is 100 Å². The molecular weight excluding hydrogens is 390 g/mol. The zero-order chi connectivity index (χ0) is 20.3. The Morgan fingerprint density at radius 1 is 1.00 bits per heavy atom. The third kappa shape index (κ3) is 3.84. The van der Waals surface area contributed by atoms with Crippen LogP contribution in [0.4, 0.5) is 5.69 Å². The minimum Gasteiger partial charge on any atom is -0.454 e. The van der Waals surface area contributed by atoms with Crippen LogP contribution in [0.25, 0.3) is 22.4 Å². The number of aromatic nitrogens is 2. The van der Waals surface area contributed by atoms with Crippen LogP contribution in [0.2, 0.25) is 0 Å². The number of pyridine rings is 1. The van der Waals surface area contributed by atoms with Crippen LogP contribution < -0.4 is 4.80 Å². The Labute approximate surface area is 178 Å². The van der Waals surface area contributed by atoms with Crippen LogP contribution in [-0.4, -0.2) is 9.55 Å². The molecule has 30 heavy (non-hydrogen) atoms. The number of furan rings is 1. The Bertz CT molecular complexity index is 1310. The Morgan fingerprint density at radius 3 is 2.63 bits per heavy atom. The zero-order valence-corrected chi connectivity index (χ0v) is 17.5. The topological polar surface area (TPSA) is 43.3 Å². The van der Waals surface area contributed by atoms with E-state index in [1.807, 2.05) is 36.5 Å². The summed E-state index contributed by atoms with van der Waals surface area (Å²) in [6.07, 6.45) is 2.66. The average Bonchev–Trinajstić information content (AvgIpc) is 3.38. The first-order valence-corrected chi connectivity index (χ1v) is 10.8. The molecule has 148 valence electrons. The molecule has 5 heteroatoms. The summed E-state index contributed by atoms with van der Waals surface area (Å²) < 4.78 is 8.39. The van der Waals surface area contributed by atoms with Gasteiger partial charge in [0.2, 0.25) is 0 Å². The highest BCUT2D eigenvalue weighted by Crippen LogP contribution is 2.28. The summed E-state index contributed by atoms with van der Waals surface area (Å²) in [4.78, 5) is 10.3. The number of fused-ring (bicyclic) bond motifs is 1. The van der Waals surface area contributed by atoms with E-state index in [-0.39, 0.29) is 0 Å². The lowest BCUT2D eigenvalue weighted by Gasteiger charge is -2.07. The second kappa shape index (κ2) is 8.13. The first-order valence-electron chi connectivity index (χ1n) is 9.95. The fourth-order valence-electron chi connectivity index (χ4n) is 3.44. The standard InChI is InChI=1S/C25H21N3OS/c1-18-9-11-21(12-10-18)27-25-28(15-13-20-7-4-5-14-26-20)22(17-30-25)24-16-19-6-2-3-8-23(19)29-24/h2-12,14,16-17H,13,15H2,1H3. The summed E-state index contributed by atoms with van der Waals surface area (Å²) in [6.45, 7) is 2.86. The van der Waals surface area contributed by atoms with Gasteiger partial charge in [-0.1, -0.05) is 42.0 Å². The van der Waals surface area contributed by atoms with Crippen molar-refractivity contribution in [3.63, 3.8) is 0 Å². The monoisotopic (exact) mass is 411 g/mol. The molecule has 0 saturated heterocycles. The second-order valence-electron chi connectivity index (χ2n) is 7.22. The molecule has 0 radical (unpaired) electrons. The summed E-state index contributed by atoms with van der Waals surface area (Å²) in [5, 5.41) is 3.23. The smallest absolute Gasteiger partial charge is 0.190 e. The van der Waals surface area contributed by atoms with Gasteiger partial charge in [0.25, 0.3) is 0 Å². The minimum atomic E-state index is 0.775. The first-order chi connectivity index (χ1) is 14.8. The van der Waals surface area contributed by atoms with E-state index in [9.17, 15) is 0 Å². The van der Waals surface area contributed by atoms with Crippen molar-refractivity contribution < 1.29 is 4.42 Å². The van der Waals surface area contributed by atoms with Gasteiger partial charge in [0.15, 0.2) is 10.6 Å². The van der Waals surface area contributed by atoms with Crippen LogP contribution in [0, 0.1) is 6.92 Å². The molecule has 0 aliphatic carbocycles. The van der Waals surface area contributed by atoms with E-state index in [1.165, 1.54) is 5.56 Å². The van der Waals surface area contributed by atoms with Crippen LogP contribution in [0.3, 0.4) is 0 Å². The highest BCUT2D eigenvalue weighted by molar-refractivity contribution is 7.07. The Kier molecular flexibility index (Phi) is 5.03. The van der Waals surface area contributed by atoms with E-state index < -0.39 is 0 Å². The number of hydrogen-bond donors (Lipinski definition) is 0. The van der Waals surface area contributed by atoms with Crippen molar-refractivity contribution in [1.82, 2.24) is 9.55 Å². The van der Waals surface area contributed by atoms with Crippen molar-refractivity contribution >= 4 is 28.0 Å². The molecule has 0 saturated carbocycles. The van der Waals surface area contributed by atoms with E-state index in [0.717, 1.165) is 51.6 Å². The molecule has 0 amide bonds. The van der Waals surface area contributed by atoms with Crippen molar-refractivity contribution in [2.75, 3.05) is 0 Å². The third-order valence-corrected chi connectivity index (χ3v) is 5.92. The van der Waals surface area contributed by atoms with Crippen molar-refractivity contribution in [1.29, 1.82) is 0 Å². The van der Waals surface area contributed by atoms with Crippen LogP contribution in [0.15, 0.2) is 93.8 Å². The van der Waals surface area contributed by atoms with Crippen molar-refractivity contribution in [2.45, 2.75) is 19.9 Å². The first kappa shape index (κ1) is 18.6. The van der Waals surface area contributed by atoms with E-state index in [2.05, 4.69) is 64.3 Å². The second-order valence-corrected chi connectivity index (χ2v) is 8.06. The largest absolute Gasteiger partial charge is 0.454 e. The highest BCUT2D eigenvalue weighted by atomic mass is 32.1. The summed E-state index contributed by atoms with van der Waals surface area (Å²) in [6, 6.07) is 24.5. The van der Waals surface area contributed by atoms with Gasteiger partial charge >= 0.3 is 0 Å². The molecule has 4 nitrogen and oxygen atoms in total. The van der Waals surface area contributed by atoms with E-state index in [0.29, 0.717) is 0 Å². The molecule has 5 aromatic rings. The molecule has 0 N–H and O–H groups in total. The fraction of sp³-hybridized carbons (Fsp3) is 0.120. The number of para-hydroxylation sites is 1. The average molecular weight is 412 g/mol. The molecule has 3 aromatic heterocycles. The fourth-order valence-corrected chi connectivity index (χ4v) is 4.38. The predicted molar refractivity (Wildman–Crippen MR) is 122 cm³/mol. The predicted octanol–water partition coefficient (Wildman–Crippen LogP) is 6.14. The molecule has 0 unspecified atom stereocenters. The lowest BCUT2D eigenvalue weighted by molar-refractivity contribution is 0.606. The van der Waals surface area contributed by atoms with Crippen molar-refractivity contribution in [3.8, 4) is 11.5 Å². The van der Waals surface area contributed by atoms with E-state index in [4.69, 9.17) is 9.41 Å². The molecule has 3 heterocycles. The Hall–Kier alpha value is -3.44. The number of nitrogens with zero attached hydrogens (tertiary/aromatic N) is 3. The number of aryl methyl sites for hydroxylation is 2. The van der Waals surface area contributed by atoms with Gasteiger partial charge in [0.05, 0.1) is 11.4 Å². The van der Waals surface area contributed by atoms with E-state index in [1.54, 1.807) is 11.3 Å². The van der Waals surface area contributed by atoms with E-state index >= 15 is 0 Å². The van der Waals surface area contributed by atoms with Gasteiger partial charge in [0.1, 0.15) is 5.58 Å². The highest BCUT2D eigenvalue weighted by Gasteiger charge is 2.13. The molecular formula is C25H21N3OS. The molecule has 0 fully saturated rings. The lowest BCUT2D eigenvalue weighted by atomic mass is 10.2. The SMILES string of the molecule is Cc1ccc(N=c2scc(-c3cc4ccccc4o3)n2CCc2ccccn2)cc1. The molecule has 0 aliphatic rings. The maximum Gasteiger partial charge on any atom is 0.190 e. The molecule has 0 aliphatic heterocycles. The van der Waals surface area contributed by atoms with Gasteiger partial charge in [-0.15, -0.1) is 11.3 Å². The van der Waals surface area contributed by atoms with Crippen LogP contribution in [-0.2, 0) is 13.0 Å². The Morgan fingerprint density at radius 2 is 1.83 bits per heavy atom. The minimum absolute atomic E-state index is 0.775. The van der Waals surface area contributed by atoms with Gasteiger partial charge in [-0.3, -0.25) is 4.98 Å². The lowest BCUT2D eigenvalue weighted by Crippen LogP contribution is -2.17. The van der Waals surface area contributed by atoms with Crippen molar-refractivity contribution in [2.24, 2.45) is 4.99 Å². The number of hydrogen-bond acceptors (Lipinski definition) is 4. The molecule has 0 atom stereocenters. The zero-order valence-electron chi connectivity index (χ0n) is 16.7. The third-order valence-electron chi connectivity index (χ3n) is 5.05. The summed E-state index contributed by atoms with van der Waals surface area (Å²) in [7, 11) is 0. The van der Waals surface area contributed by atoms with Gasteiger partial charge in [-0.2, -0.15) is 0 Å². The normalized spacial score (nSPS) is 12.0. The maximum absolute atomic E-state index is 6.15. The van der Waals surface area contributed by atoms with Crippen LogP contribution >= 0.6 is 11.3 Å². The number of benzene rings is 2. The quantitative estimate of drug-likeness (QED) is 0.348. The summed E-state index contributed by atoms with van der Waals surface area (Å²) in [5.41, 5.74) is 5.18. The summed E-state index contributed by atoms with van der Waals surface area (Å²) in [5.74, 6) is 0.860. The number of thiazole rings is 1. The molecule has 0 bridgehead atoms. The Balaban J connectivity index is 1.59. The van der Waals surface area contributed by atoms with Crippen LogP contribution in [0.1, 0.15) is 11.3 Å². The molecule has 2 aromatic carbocycles. The van der Waals surface area contributed by atoms with Gasteiger partial charge < -0.3 is 8.98 Å².